The summed E-state index contributed by atoms with van der Waals surface area (Å²) in [7, 11) is 2.16. The standard InChI is InChI=1S/C16H23N3/c1-4-12(2)10-19(3)11-13-7-8-15(17)14-6-5-9-18-16(13)14/h5-9,12H,4,10-11,17H2,1-3H3. The van der Waals surface area contributed by atoms with Crippen LogP contribution < -0.4 is 5.73 Å². The van der Waals surface area contributed by atoms with E-state index in [4.69, 9.17) is 5.73 Å². The van der Waals surface area contributed by atoms with Gasteiger partial charge in [0.25, 0.3) is 0 Å². The zero-order valence-electron chi connectivity index (χ0n) is 12.1. The van der Waals surface area contributed by atoms with E-state index in [2.05, 4.69) is 36.8 Å². The number of anilines is 1. The number of benzene rings is 1. The largest absolute Gasteiger partial charge is 0.398 e. The molecule has 1 heterocycles. The van der Waals surface area contributed by atoms with Gasteiger partial charge < -0.3 is 10.6 Å². The molecule has 0 spiro atoms. The number of nitrogens with zero attached hydrogens (tertiary/aromatic N) is 2. The van der Waals surface area contributed by atoms with Crippen molar-refractivity contribution in [3.05, 3.63) is 36.0 Å². The third-order valence-electron chi connectivity index (χ3n) is 3.65. The maximum absolute atomic E-state index is 6.00. The van der Waals surface area contributed by atoms with E-state index in [9.17, 15) is 0 Å². The minimum Gasteiger partial charge on any atom is -0.398 e. The Hall–Kier alpha value is -1.61. The zero-order chi connectivity index (χ0) is 13.8. The van der Waals surface area contributed by atoms with Crippen LogP contribution in [0.4, 0.5) is 5.69 Å². The minimum absolute atomic E-state index is 0.720. The van der Waals surface area contributed by atoms with Crippen molar-refractivity contribution in [2.24, 2.45) is 5.92 Å². The Labute approximate surface area is 115 Å². The summed E-state index contributed by atoms with van der Waals surface area (Å²) in [6.07, 6.45) is 3.05. The number of pyridine rings is 1. The molecule has 0 aliphatic heterocycles. The Morgan fingerprint density at radius 1 is 1.32 bits per heavy atom. The van der Waals surface area contributed by atoms with Gasteiger partial charge >= 0.3 is 0 Å². The van der Waals surface area contributed by atoms with E-state index in [1.807, 2.05) is 24.4 Å². The van der Waals surface area contributed by atoms with Crippen LogP contribution in [0.15, 0.2) is 30.5 Å². The maximum atomic E-state index is 6.00. The van der Waals surface area contributed by atoms with Crippen LogP contribution in [-0.2, 0) is 6.54 Å². The molecule has 2 N–H and O–H groups in total. The molecule has 3 nitrogen and oxygen atoms in total. The van der Waals surface area contributed by atoms with Crippen LogP contribution in [0.2, 0.25) is 0 Å². The zero-order valence-corrected chi connectivity index (χ0v) is 12.1. The van der Waals surface area contributed by atoms with Gasteiger partial charge in [-0.3, -0.25) is 4.98 Å². The molecule has 0 saturated carbocycles. The number of rotatable bonds is 5. The Morgan fingerprint density at radius 3 is 2.84 bits per heavy atom. The molecule has 1 unspecified atom stereocenters. The molecule has 0 radical (unpaired) electrons. The van der Waals surface area contributed by atoms with Gasteiger partial charge in [-0.2, -0.15) is 0 Å². The highest BCUT2D eigenvalue weighted by molar-refractivity contribution is 5.92. The SMILES string of the molecule is CCC(C)CN(C)Cc1ccc(N)c2cccnc12. The van der Waals surface area contributed by atoms with Crippen molar-refractivity contribution in [3.63, 3.8) is 0 Å². The van der Waals surface area contributed by atoms with Crippen molar-refractivity contribution < 1.29 is 0 Å². The molecule has 0 aliphatic rings. The summed E-state index contributed by atoms with van der Waals surface area (Å²) in [6, 6.07) is 8.05. The predicted molar refractivity (Wildman–Crippen MR) is 81.9 cm³/mol. The smallest absolute Gasteiger partial charge is 0.0767 e. The topological polar surface area (TPSA) is 42.1 Å². The normalized spacial score (nSPS) is 13.1. The molecule has 0 aliphatic carbocycles. The lowest BCUT2D eigenvalue weighted by atomic mass is 10.1. The van der Waals surface area contributed by atoms with E-state index in [1.165, 1.54) is 12.0 Å². The van der Waals surface area contributed by atoms with Crippen molar-refractivity contribution in [1.29, 1.82) is 0 Å². The lowest BCUT2D eigenvalue weighted by molar-refractivity contribution is 0.276. The van der Waals surface area contributed by atoms with Gasteiger partial charge in [-0.05, 0) is 36.7 Å². The molecule has 1 aromatic heterocycles. The van der Waals surface area contributed by atoms with E-state index in [0.29, 0.717) is 0 Å². The second-order valence-corrected chi connectivity index (χ2v) is 5.42. The van der Waals surface area contributed by atoms with Crippen LogP contribution >= 0.6 is 0 Å². The van der Waals surface area contributed by atoms with Gasteiger partial charge in [-0.1, -0.05) is 26.3 Å². The highest BCUT2D eigenvalue weighted by Crippen LogP contribution is 2.23. The number of hydrogen-bond acceptors (Lipinski definition) is 3. The molecule has 2 rings (SSSR count). The van der Waals surface area contributed by atoms with Gasteiger partial charge in [0.05, 0.1) is 5.52 Å². The van der Waals surface area contributed by atoms with Crippen molar-refractivity contribution in [3.8, 4) is 0 Å². The molecular weight excluding hydrogens is 234 g/mol. The van der Waals surface area contributed by atoms with E-state index in [-0.39, 0.29) is 0 Å². The van der Waals surface area contributed by atoms with Crippen LogP contribution in [0, 0.1) is 5.92 Å². The third-order valence-corrected chi connectivity index (χ3v) is 3.65. The lowest BCUT2D eigenvalue weighted by Gasteiger charge is -2.21. The van der Waals surface area contributed by atoms with Crippen LogP contribution in [0.5, 0.6) is 0 Å². The quantitative estimate of drug-likeness (QED) is 0.836. The molecule has 0 saturated heterocycles. The highest BCUT2D eigenvalue weighted by atomic mass is 15.1. The van der Waals surface area contributed by atoms with E-state index >= 15 is 0 Å². The number of fused-ring (bicyclic) bond motifs is 1. The molecule has 1 aromatic carbocycles. The number of nitrogens with two attached hydrogens (primary N) is 1. The average Bonchev–Trinajstić information content (AvgIpc) is 2.42. The van der Waals surface area contributed by atoms with E-state index in [1.54, 1.807) is 0 Å². The van der Waals surface area contributed by atoms with Gasteiger partial charge in [0, 0.05) is 30.4 Å². The van der Waals surface area contributed by atoms with Crippen molar-refractivity contribution >= 4 is 16.6 Å². The van der Waals surface area contributed by atoms with Crippen LogP contribution in [0.3, 0.4) is 0 Å². The monoisotopic (exact) mass is 257 g/mol. The first kappa shape index (κ1) is 13.8. The fourth-order valence-electron chi connectivity index (χ4n) is 2.40. The Kier molecular flexibility index (Phi) is 4.38. The first-order valence-electron chi connectivity index (χ1n) is 6.92. The molecule has 3 heteroatoms. The molecule has 0 fully saturated rings. The minimum atomic E-state index is 0.720. The molecule has 102 valence electrons. The van der Waals surface area contributed by atoms with Gasteiger partial charge in [0.2, 0.25) is 0 Å². The lowest BCUT2D eigenvalue weighted by Crippen LogP contribution is -2.23. The van der Waals surface area contributed by atoms with Crippen LogP contribution in [0.25, 0.3) is 10.9 Å². The predicted octanol–water partition coefficient (Wildman–Crippen LogP) is 3.29. The Morgan fingerprint density at radius 2 is 2.11 bits per heavy atom. The molecular formula is C16H23N3. The summed E-state index contributed by atoms with van der Waals surface area (Å²) in [5, 5.41) is 1.05. The molecule has 1 atom stereocenters. The van der Waals surface area contributed by atoms with Gasteiger partial charge in [0.1, 0.15) is 0 Å². The summed E-state index contributed by atoms with van der Waals surface area (Å²) in [4.78, 5) is 6.84. The van der Waals surface area contributed by atoms with Crippen LogP contribution in [-0.4, -0.2) is 23.5 Å². The third kappa shape index (κ3) is 3.24. The van der Waals surface area contributed by atoms with E-state index < -0.39 is 0 Å². The second kappa shape index (κ2) is 6.02. The summed E-state index contributed by atoms with van der Waals surface area (Å²) in [5.41, 5.74) is 9.08. The molecule has 0 amide bonds. The first-order valence-corrected chi connectivity index (χ1v) is 6.92. The van der Waals surface area contributed by atoms with Crippen molar-refractivity contribution in [2.45, 2.75) is 26.8 Å². The Balaban J connectivity index is 2.24. The number of hydrogen-bond donors (Lipinski definition) is 1. The highest BCUT2D eigenvalue weighted by Gasteiger charge is 2.09. The van der Waals surface area contributed by atoms with Gasteiger partial charge in [-0.25, -0.2) is 0 Å². The molecule has 0 bridgehead atoms. The van der Waals surface area contributed by atoms with E-state index in [0.717, 1.165) is 35.6 Å². The summed E-state index contributed by atoms with van der Waals surface area (Å²) in [5.74, 6) is 0.720. The molecule has 19 heavy (non-hydrogen) atoms. The summed E-state index contributed by atoms with van der Waals surface area (Å²) in [6.45, 7) is 6.54. The van der Waals surface area contributed by atoms with Crippen molar-refractivity contribution in [1.82, 2.24) is 9.88 Å². The fraction of sp³-hybridized carbons (Fsp3) is 0.438. The molecule has 2 aromatic rings. The summed E-state index contributed by atoms with van der Waals surface area (Å²) >= 11 is 0. The number of aromatic nitrogens is 1. The number of nitrogen functional groups attached to an aromatic ring is 1. The first-order chi connectivity index (χ1) is 9.11. The Bertz CT molecular complexity index is 551. The van der Waals surface area contributed by atoms with Gasteiger partial charge in [-0.15, -0.1) is 0 Å². The van der Waals surface area contributed by atoms with Crippen LogP contribution in [0.1, 0.15) is 25.8 Å². The van der Waals surface area contributed by atoms with Gasteiger partial charge in [0.15, 0.2) is 0 Å². The van der Waals surface area contributed by atoms with Crippen molar-refractivity contribution in [2.75, 3.05) is 19.3 Å². The average molecular weight is 257 g/mol. The second-order valence-electron chi connectivity index (χ2n) is 5.42. The maximum Gasteiger partial charge on any atom is 0.0767 e. The summed E-state index contributed by atoms with van der Waals surface area (Å²) < 4.78 is 0. The fourth-order valence-corrected chi connectivity index (χ4v) is 2.40.